The molecule has 0 spiro atoms. The number of para-hydroxylation sites is 1. The van der Waals surface area contributed by atoms with Crippen LogP contribution in [0.25, 0.3) is 0 Å². The number of hydrogen-bond donors (Lipinski definition) is 0. The normalized spacial score (nSPS) is 16.9. The van der Waals surface area contributed by atoms with E-state index in [1.165, 1.54) is 0 Å². The molecule has 0 N–H and O–H groups in total. The number of rotatable bonds is 7. The van der Waals surface area contributed by atoms with Gasteiger partial charge in [0.05, 0.1) is 25.3 Å². The minimum absolute atomic E-state index is 0.0715. The third kappa shape index (κ3) is 7.82. The van der Waals surface area contributed by atoms with E-state index >= 15 is 0 Å². The fourth-order valence-corrected chi connectivity index (χ4v) is 4.97. The summed E-state index contributed by atoms with van der Waals surface area (Å²) in [5.41, 5.74) is 1.95. The summed E-state index contributed by atoms with van der Waals surface area (Å²) in [4.78, 5) is 35.7. The molecule has 0 fully saturated rings. The molecule has 1 aromatic heterocycles. The van der Waals surface area contributed by atoms with Crippen molar-refractivity contribution < 1.29 is 23.8 Å². The number of carbonyl (C=O) groups is 2. The molecule has 1 aliphatic heterocycles. The van der Waals surface area contributed by atoms with E-state index in [1.807, 2.05) is 46.2 Å². The van der Waals surface area contributed by atoms with Crippen molar-refractivity contribution in [3.8, 4) is 11.6 Å². The van der Waals surface area contributed by atoms with Gasteiger partial charge >= 0.3 is 0 Å². The zero-order valence-corrected chi connectivity index (χ0v) is 23.5. The Hall–Kier alpha value is -3.91. The number of fused-ring (bicyclic) bond motifs is 1. The average Bonchev–Trinajstić information content (AvgIpc) is 3.00. The highest BCUT2D eigenvalue weighted by Crippen LogP contribution is 2.23. The molecule has 1 aliphatic rings. The van der Waals surface area contributed by atoms with E-state index in [4.69, 9.17) is 14.2 Å². The molecular weight excluding hydrogens is 506 g/mol. The number of hydrogen-bond acceptors (Lipinski definition) is 6. The summed E-state index contributed by atoms with van der Waals surface area (Å²) in [6.45, 7) is 2.45. The zero-order chi connectivity index (χ0) is 28.2. The molecule has 0 bridgehead atoms. The lowest BCUT2D eigenvalue weighted by molar-refractivity contribution is 0.0586. The van der Waals surface area contributed by atoms with Crippen LogP contribution in [0.2, 0.25) is 0 Å². The summed E-state index contributed by atoms with van der Waals surface area (Å²) in [5, 5.41) is 0. The van der Waals surface area contributed by atoms with Crippen LogP contribution in [-0.2, 0) is 11.2 Å². The Morgan fingerprint density at radius 3 is 2.45 bits per heavy atom. The van der Waals surface area contributed by atoms with E-state index in [0.29, 0.717) is 55.5 Å². The highest BCUT2D eigenvalue weighted by atomic mass is 16.5. The Labute approximate surface area is 236 Å². The predicted octanol–water partition coefficient (Wildman–Crippen LogP) is 4.89. The van der Waals surface area contributed by atoms with Crippen LogP contribution >= 0.6 is 0 Å². The lowest BCUT2D eigenvalue weighted by atomic mass is 10.0. The summed E-state index contributed by atoms with van der Waals surface area (Å²) in [6.07, 6.45) is 4.21. The van der Waals surface area contributed by atoms with Crippen LogP contribution in [-0.4, -0.2) is 79.7 Å². The molecule has 40 heavy (non-hydrogen) atoms. The second-order valence-electron chi connectivity index (χ2n) is 9.91. The Morgan fingerprint density at radius 2 is 1.68 bits per heavy atom. The van der Waals surface area contributed by atoms with Crippen LogP contribution in [0, 0.1) is 0 Å². The predicted molar refractivity (Wildman–Crippen MR) is 154 cm³/mol. The molecule has 212 valence electrons. The maximum absolute atomic E-state index is 13.9. The van der Waals surface area contributed by atoms with Crippen molar-refractivity contribution >= 4 is 11.8 Å². The summed E-state index contributed by atoms with van der Waals surface area (Å²) in [5.74, 6) is 0.676. The molecule has 4 rings (SSSR count). The van der Waals surface area contributed by atoms with Crippen LogP contribution < -0.4 is 9.47 Å². The molecule has 0 aliphatic carbocycles. The first kappa shape index (κ1) is 29.1. The third-order valence-electron chi connectivity index (χ3n) is 7.15. The van der Waals surface area contributed by atoms with E-state index in [1.54, 1.807) is 38.5 Å². The van der Waals surface area contributed by atoms with Gasteiger partial charge in [-0.2, -0.15) is 0 Å². The molecule has 0 radical (unpaired) electrons. The zero-order valence-electron chi connectivity index (χ0n) is 23.5. The Morgan fingerprint density at radius 1 is 0.925 bits per heavy atom. The van der Waals surface area contributed by atoms with Crippen molar-refractivity contribution in [2.45, 2.75) is 38.1 Å². The summed E-state index contributed by atoms with van der Waals surface area (Å²) >= 11 is 0. The van der Waals surface area contributed by atoms with Gasteiger partial charge in [-0.15, -0.1) is 0 Å². The number of methoxy groups -OCH3 is 2. The Kier molecular flexibility index (Phi) is 10.9. The molecule has 0 saturated carbocycles. The molecular formula is C32H39N3O5. The Balaban J connectivity index is 1.68. The minimum atomic E-state index is -0.279. The van der Waals surface area contributed by atoms with Crippen molar-refractivity contribution in [3.05, 3.63) is 89.6 Å². The first-order chi connectivity index (χ1) is 19.6. The number of pyridine rings is 1. The molecule has 8 heteroatoms. The van der Waals surface area contributed by atoms with E-state index in [0.717, 1.165) is 31.2 Å². The standard InChI is InChI=1S/C32H39N3O5/c1-38-22-21-34-19-10-3-4-11-20-35(32(37)28-16-12-18-30(33-28)39-2)26(23-25-13-6-5-7-14-25)24-40-29-17-9-8-15-27(29)31(34)36/h5-9,12-18,26H,3-4,10-11,19-24H2,1-2H3/t26-/m0/s1. The summed E-state index contributed by atoms with van der Waals surface area (Å²) in [6, 6.07) is 22.4. The number of nitrogens with zero attached hydrogens (tertiary/aromatic N) is 3. The fraction of sp³-hybridized carbons (Fsp3) is 0.406. The molecule has 1 atom stereocenters. The van der Waals surface area contributed by atoms with Gasteiger partial charge in [-0.3, -0.25) is 9.59 Å². The van der Waals surface area contributed by atoms with Gasteiger partial charge in [0.15, 0.2) is 0 Å². The molecule has 8 nitrogen and oxygen atoms in total. The first-order valence-corrected chi connectivity index (χ1v) is 14.0. The molecule has 2 aromatic carbocycles. The Bertz CT molecular complexity index is 1240. The smallest absolute Gasteiger partial charge is 0.272 e. The maximum atomic E-state index is 13.9. The number of ether oxygens (including phenoxy) is 3. The van der Waals surface area contributed by atoms with Crippen molar-refractivity contribution in [2.24, 2.45) is 0 Å². The quantitative estimate of drug-likeness (QED) is 0.421. The largest absolute Gasteiger partial charge is 0.491 e. The van der Waals surface area contributed by atoms with Gasteiger partial charge < -0.3 is 24.0 Å². The van der Waals surface area contributed by atoms with E-state index in [2.05, 4.69) is 17.1 Å². The third-order valence-corrected chi connectivity index (χ3v) is 7.15. The van der Waals surface area contributed by atoms with Gasteiger partial charge in [-0.1, -0.05) is 61.4 Å². The topological polar surface area (TPSA) is 81.2 Å². The van der Waals surface area contributed by atoms with Crippen LogP contribution in [0.15, 0.2) is 72.8 Å². The molecule has 0 unspecified atom stereocenters. The first-order valence-electron chi connectivity index (χ1n) is 14.0. The van der Waals surface area contributed by atoms with Crippen molar-refractivity contribution in [3.63, 3.8) is 0 Å². The van der Waals surface area contributed by atoms with Gasteiger partial charge in [-0.05, 0) is 43.0 Å². The van der Waals surface area contributed by atoms with Gasteiger partial charge in [0.1, 0.15) is 18.1 Å². The number of aromatic nitrogens is 1. The summed E-state index contributed by atoms with van der Waals surface area (Å²) in [7, 11) is 3.19. The van der Waals surface area contributed by atoms with E-state index in [-0.39, 0.29) is 24.5 Å². The molecule has 3 aromatic rings. The highest BCUT2D eigenvalue weighted by molar-refractivity contribution is 5.97. The van der Waals surface area contributed by atoms with Crippen LogP contribution in [0.3, 0.4) is 0 Å². The molecule has 2 heterocycles. The second-order valence-corrected chi connectivity index (χ2v) is 9.91. The van der Waals surface area contributed by atoms with Crippen LogP contribution in [0.5, 0.6) is 11.6 Å². The highest BCUT2D eigenvalue weighted by Gasteiger charge is 2.28. The SMILES string of the molecule is COCCN1CCCCCCN(C(=O)c2cccc(OC)n2)[C@@H](Cc2ccccc2)COc2ccccc2C1=O. The second kappa shape index (κ2) is 15.0. The lowest BCUT2D eigenvalue weighted by Crippen LogP contribution is -2.46. The van der Waals surface area contributed by atoms with Crippen molar-refractivity contribution in [1.82, 2.24) is 14.8 Å². The monoisotopic (exact) mass is 545 g/mol. The molecule has 0 saturated heterocycles. The van der Waals surface area contributed by atoms with Crippen LogP contribution in [0.4, 0.5) is 0 Å². The number of carbonyl (C=O) groups excluding carboxylic acids is 2. The lowest BCUT2D eigenvalue weighted by Gasteiger charge is -2.33. The van der Waals surface area contributed by atoms with Crippen LogP contribution in [0.1, 0.15) is 52.1 Å². The van der Waals surface area contributed by atoms with Gasteiger partial charge in [0.25, 0.3) is 11.8 Å². The van der Waals surface area contributed by atoms with Crippen molar-refractivity contribution in [2.75, 3.05) is 47.1 Å². The van der Waals surface area contributed by atoms with Gasteiger partial charge in [0.2, 0.25) is 5.88 Å². The van der Waals surface area contributed by atoms with Gasteiger partial charge in [-0.25, -0.2) is 4.98 Å². The number of amides is 2. The maximum Gasteiger partial charge on any atom is 0.272 e. The minimum Gasteiger partial charge on any atom is -0.491 e. The number of benzene rings is 2. The average molecular weight is 546 g/mol. The van der Waals surface area contributed by atoms with E-state index < -0.39 is 0 Å². The summed E-state index contributed by atoms with van der Waals surface area (Å²) < 4.78 is 16.9. The van der Waals surface area contributed by atoms with Gasteiger partial charge in [0, 0.05) is 32.8 Å². The van der Waals surface area contributed by atoms with E-state index in [9.17, 15) is 9.59 Å². The molecule has 2 amide bonds. The fourth-order valence-electron chi connectivity index (χ4n) is 4.97. The van der Waals surface area contributed by atoms with Crippen molar-refractivity contribution in [1.29, 1.82) is 0 Å².